The Labute approximate surface area is 128 Å². The zero-order valence-electron chi connectivity index (χ0n) is 12.7. The molecule has 0 radical (unpaired) electrons. The number of fused-ring (bicyclic) bond motifs is 1. The molecular formula is C18H16FNO2. The van der Waals surface area contributed by atoms with Gasteiger partial charge in [-0.05, 0) is 66.9 Å². The van der Waals surface area contributed by atoms with Crippen molar-refractivity contribution in [3.05, 3.63) is 58.4 Å². The molecular weight excluding hydrogens is 281 g/mol. The molecule has 0 aliphatic carbocycles. The number of methoxy groups -OCH3 is 1. The summed E-state index contributed by atoms with van der Waals surface area (Å²) in [4.78, 5) is 12.1. The van der Waals surface area contributed by atoms with Gasteiger partial charge in [-0.2, -0.15) is 0 Å². The standard InChI is InChI=1S/C18H16FNO2/c1-10-6-12(7-11(2)17(10)22-3)8-15-14-9-13(19)4-5-16(14)20-18(15)21/h4-9H,1-3H3,(H,20,21)/b15-8-. The summed E-state index contributed by atoms with van der Waals surface area (Å²) in [7, 11) is 1.64. The van der Waals surface area contributed by atoms with E-state index in [1.807, 2.05) is 26.0 Å². The predicted molar refractivity (Wildman–Crippen MR) is 85.4 cm³/mol. The Hall–Kier alpha value is -2.62. The highest BCUT2D eigenvalue weighted by Gasteiger charge is 2.24. The van der Waals surface area contributed by atoms with Gasteiger partial charge in [0.15, 0.2) is 0 Å². The molecule has 0 saturated heterocycles. The van der Waals surface area contributed by atoms with E-state index in [1.165, 1.54) is 12.1 Å². The van der Waals surface area contributed by atoms with E-state index in [2.05, 4.69) is 5.32 Å². The number of amides is 1. The van der Waals surface area contributed by atoms with Gasteiger partial charge < -0.3 is 10.1 Å². The number of ether oxygens (including phenoxy) is 1. The number of benzene rings is 2. The van der Waals surface area contributed by atoms with E-state index < -0.39 is 0 Å². The fraction of sp³-hybridized carbons (Fsp3) is 0.167. The number of halogens is 1. The topological polar surface area (TPSA) is 38.3 Å². The van der Waals surface area contributed by atoms with Crippen LogP contribution in [0.15, 0.2) is 30.3 Å². The molecule has 0 aromatic heterocycles. The van der Waals surface area contributed by atoms with Crippen molar-refractivity contribution in [1.29, 1.82) is 0 Å². The molecule has 2 aromatic carbocycles. The van der Waals surface area contributed by atoms with Gasteiger partial charge in [0.25, 0.3) is 5.91 Å². The Morgan fingerprint density at radius 1 is 1.14 bits per heavy atom. The molecule has 3 rings (SSSR count). The SMILES string of the molecule is COc1c(C)cc(/C=C2\C(=O)Nc3ccc(F)cc32)cc1C. The molecule has 1 aliphatic heterocycles. The Morgan fingerprint density at radius 3 is 2.45 bits per heavy atom. The molecule has 0 spiro atoms. The van der Waals surface area contributed by atoms with Crippen molar-refractivity contribution in [2.75, 3.05) is 12.4 Å². The third kappa shape index (κ3) is 2.37. The van der Waals surface area contributed by atoms with Crippen molar-refractivity contribution in [1.82, 2.24) is 0 Å². The van der Waals surface area contributed by atoms with Crippen LogP contribution in [0.3, 0.4) is 0 Å². The van der Waals surface area contributed by atoms with Crippen LogP contribution in [-0.2, 0) is 4.79 Å². The summed E-state index contributed by atoms with van der Waals surface area (Å²) in [6, 6.07) is 8.19. The minimum absolute atomic E-state index is 0.216. The largest absolute Gasteiger partial charge is 0.496 e. The first-order valence-corrected chi connectivity index (χ1v) is 6.98. The lowest BCUT2D eigenvalue weighted by molar-refractivity contribution is -0.110. The molecule has 4 heteroatoms. The van der Waals surface area contributed by atoms with E-state index in [1.54, 1.807) is 19.3 Å². The fourth-order valence-corrected chi connectivity index (χ4v) is 2.86. The van der Waals surface area contributed by atoms with Crippen LogP contribution in [0.1, 0.15) is 22.3 Å². The van der Waals surface area contributed by atoms with Crippen LogP contribution in [0.2, 0.25) is 0 Å². The predicted octanol–water partition coefficient (Wildman–Crippen LogP) is 3.94. The van der Waals surface area contributed by atoms with E-state index in [4.69, 9.17) is 4.74 Å². The van der Waals surface area contributed by atoms with Gasteiger partial charge in [0.1, 0.15) is 11.6 Å². The van der Waals surface area contributed by atoms with Crippen LogP contribution >= 0.6 is 0 Å². The monoisotopic (exact) mass is 297 g/mol. The lowest BCUT2D eigenvalue weighted by Crippen LogP contribution is -2.03. The molecule has 2 aromatic rings. The van der Waals surface area contributed by atoms with Gasteiger partial charge in [0, 0.05) is 16.8 Å². The first-order valence-electron chi connectivity index (χ1n) is 6.98. The molecule has 22 heavy (non-hydrogen) atoms. The first kappa shape index (κ1) is 14.3. The van der Waals surface area contributed by atoms with Gasteiger partial charge in [0.05, 0.1) is 7.11 Å². The molecule has 0 unspecified atom stereocenters. The van der Waals surface area contributed by atoms with Crippen molar-refractivity contribution in [3.63, 3.8) is 0 Å². The van der Waals surface area contributed by atoms with Crippen molar-refractivity contribution in [2.45, 2.75) is 13.8 Å². The summed E-state index contributed by atoms with van der Waals surface area (Å²) in [5.41, 5.74) is 4.58. The second kappa shape index (κ2) is 5.30. The van der Waals surface area contributed by atoms with Gasteiger partial charge >= 0.3 is 0 Å². The summed E-state index contributed by atoms with van der Waals surface area (Å²) in [5, 5.41) is 2.75. The average Bonchev–Trinajstić information content (AvgIpc) is 2.75. The van der Waals surface area contributed by atoms with E-state index in [0.29, 0.717) is 16.8 Å². The Morgan fingerprint density at radius 2 is 1.82 bits per heavy atom. The van der Waals surface area contributed by atoms with Crippen LogP contribution in [0, 0.1) is 19.7 Å². The third-order valence-electron chi connectivity index (χ3n) is 3.76. The zero-order valence-corrected chi connectivity index (χ0v) is 12.7. The molecule has 0 atom stereocenters. The van der Waals surface area contributed by atoms with Crippen molar-refractivity contribution >= 4 is 23.2 Å². The molecule has 0 saturated carbocycles. The minimum atomic E-state index is -0.358. The van der Waals surface area contributed by atoms with Gasteiger partial charge in [-0.15, -0.1) is 0 Å². The molecule has 1 amide bonds. The van der Waals surface area contributed by atoms with Crippen LogP contribution < -0.4 is 10.1 Å². The van der Waals surface area contributed by atoms with Crippen molar-refractivity contribution in [2.24, 2.45) is 0 Å². The lowest BCUT2D eigenvalue weighted by Gasteiger charge is -2.10. The number of rotatable bonds is 2. The summed E-state index contributed by atoms with van der Waals surface area (Å²) in [5.74, 6) is 0.263. The quantitative estimate of drug-likeness (QED) is 0.853. The minimum Gasteiger partial charge on any atom is -0.496 e. The number of carbonyl (C=O) groups excluding carboxylic acids is 1. The van der Waals surface area contributed by atoms with E-state index >= 15 is 0 Å². The number of aryl methyl sites for hydroxylation is 2. The highest BCUT2D eigenvalue weighted by molar-refractivity contribution is 6.34. The van der Waals surface area contributed by atoms with Crippen molar-refractivity contribution < 1.29 is 13.9 Å². The van der Waals surface area contributed by atoms with Gasteiger partial charge in [-0.3, -0.25) is 4.79 Å². The molecule has 0 bridgehead atoms. The smallest absolute Gasteiger partial charge is 0.256 e. The van der Waals surface area contributed by atoms with E-state index in [0.717, 1.165) is 22.4 Å². The highest BCUT2D eigenvalue weighted by Crippen LogP contribution is 2.34. The van der Waals surface area contributed by atoms with Crippen molar-refractivity contribution in [3.8, 4) is 5.75 Å². The van der Waals surface area contributed by atoms with Crippen LogP contribution in [0.4, 0.5) is 10.1 Å². The van der Waals surface area contributed by atoms with Crippen LogP contribution in [0.25, 0.3) is 11.6 Å². The summed E-state index contributed by atoms with van der Waals surface area (Å²) in [6.45, 7) is 3.91. The second-order valence-electron chi connectivity index (χ2n) is 5.39. The molecule has 3 nitrogen and oxygen atoms in total. The molecule has 112 valence electrons. The Bertz CT molecular complexity index is 786. The van der Waals surface area contributed by atoms with Gasteiger partial charge in [0.2, 0.25) is 0 Å². The molecule has 1 aliphatic rings. The number of hydrogen-bond acceptors (Lipinski definition) is 2. The van der Waals surface area contributed by atoms with E-state index in [9.17, 15) is 9.18 Å². The normalized spacial score (nSPS) is 14.9. The molecule has 1 heterocycles. The number of hydrogen-bond donors (Lipinski definition) is 1. The average molecular weight is 297 g/mol. The zero-order chi connectivity index (χ0) is 15.9. The maximum absolute atomic E-state index is 13.4. The number of anilines is 1. The lowest BCUT2D eigenvalue weighted by atomic mass is 10.0. The summed E-state index contributed by atoms with van der Waals surface area (Å²) in [6.07, 6.45) is 1.78. The summed E-state index contributed by atoms with van der Waals surface area (Å²) < 4.78 is 18.8. The number of nitrogens with one attached hydrogen (secondary N) is 1. The fourth-order valence-electron chi connectivity index (χ4n) is 2.86. The van der Waals surface area contributed by atoms with Crippen LogP contribution in [-0.4, -0.2) is 13.0 Å². The third-order valence-corrected chi connectivity index (χ3v) is 3.76. The first-order chi connectivity index (χ1) is 10.5. The Balaban J connectivity index is 2.10. The maximum Gasteiger partial charge on any atom is 0.256 e. The number of carbonyl (C=O) groups is 1. The molecule has 0 fully saturated rings. The van der Waals surface area contributed by atoms with Crippen LogP contribution in [0.5, 0.6) is 5.75 Å². The maximum atomic E-state index is 13.4. The highest BCUT2D eigenvalue weighted by atomic mass is 19.1. The second-order valence-corrected chi connectivity index (χ2v) is 5.39. The van der Waals surface area contributed by atoms with Gasteiger partial charge in [-0.25, -0.2) is 4.39 Å². The molecule has 1 N–H and O–H groups in total. The van der Waals surface area contributed by atoms with E-state index in [-0.39, 0.29) is 11.7 Å². The summed E-state index contributed by atoms with van der Waals surface area (Å²) >= 11 is 0. The Kier molecular flexibility index (Phi) is 3.45. The van der Waals surface area contributed by atoms with Gasteiger partial charge in [-0.1, -0.05) is 0 Å².